The van der Waals surface area contributed by atoms with Gasteiger partial charge in [-0.05, 0) is 43.7 Å². The molecule has 3 nitrogen and oxygen atoms in total. The van der Waals surface area contributed by atoms with Crippen LogP contribution in [-0.2, 0) is 6.54 Å². The van der Waals surface area contributed by atoms with Gasteiger partial charge in [0.25, 0.3) is 5.91 Å². The SMILES string of the molecule is Cc1cc(CNC(=O)c2ccc(N)cc2Cl)sc1C. The van der Waals surface area contributed by atoms with Crippen molar-refractivity contribution in [1.82, 2.24) is 5.32 Å². The van der Waals surface area contributed by atoms with Gasteiger partial charge in [-0.2, -0.15) is 0 Å². The van der Waals surface area contributed by atoms with Crippen LogP contribution in [-0.4, -0.2) is 5.91 Å². The molecule has 0 aliphatic carbocycles. The fraction of sp³-hybridized carbons (Fsp3) is 0.214. The normalized spacial score (nSPS) is 10.5. The van der Waals surface area contributed by atoms with Crippen molar-refractivity contribution < 1.29 is 4.79 Å². The summed E-state index contributed by atoms with van der Waals surface area (Å²) in [4.78, 5) is 14.4. The van der Waals surface area contributed by atoms with Gasteiger partial charge in [0.05, 0.1) is 17.1 Å². The second-order valence-corrected chi connectivity index (χ2v) is 6.12. The number of hydrogen-bond donors (Lipinski definition) is 2. The summed E-state index contributed by atoms with van der Waals surface area (Å²) in [6.45, 7) is 4.65. The number of halogens is 1. The smallest absolute Gasteiger partial charge is 0.253 e. The Morgan fingerprint density at radius 3 is 2.68 bits per heavy atom. The summed E-state index contributed by atoms with van der Waals surface area (Å²) < 4.78 is 0. The Kier molecular flexibility index (Phi) is 4.12. The minimum Gasteiger partial charge on any atom is -0.399 e. The third-order valence-electron chi connectivity index (χ3n) is 2.88. The molecule has 0 bridgehead atoms. The maximum Gasteiger partial charge on any atom is 0.253 e. The molecule has 1 aromatic carbocycles. The van der Waals surface area contributed by atoms with E-state index in [1.807, 2.05) is 0 Å². The van der Waals surface area contributed by atoms with Crippen LogP contribution in [0.25, 0.3) is 0 Å². The third kappa shape index (κ3) is 3.28. The summed E-state index contributed by atoms with van der Waals surface area (Å²) in [6.07, 6.45) is 0. The lowest BCUT2D eigenvalue weighted by Gasteiger charge is -2.06. The number of hydrogen-bond acceptors (Lipinski definition) is 3. The first-order chi connectivity index (χ1) is 8.97. The Morgan fingerprint density at radius 1 is 1.37 bits per heavy atom. The summed E-state index contributed by atoms with van der Waals surface area (Å²) in [5.41, 5.74) is 7.84. The molecule has 0 aliphatic rings. The van der Waals surface area contributed by atoms with Gasteiger partial charge in [-0.1, -0.05) is 11.6 Å². The van der Waals surface area contributed by atoms with E-state index in [4.69, 9.17) is 17.3 Å². The number of nitrogens with one attached hydrogen (secondary N) is 1. The van der Waals surface area contributed by atoms with Crippen LogP contribution in [0.1, 0.15) is 25.7 Å². The largest absolute Gasteiger partial charge is 0.399 e. The maximum absolute atomic E-state index is 12.0. The molecule has 2 rings (SSSR count). The van der Waals surface area contributed by atoms with E-state index >= 15 is 0 Å². The minimum atomic E-state index is -0.186. The van der Waals surface area contributed by atoms with E-state index in [1.165, 1.54) is 10.4 Å². The fourth-order valence-corrected chi connectivity index (χ4v) is 2.98. The summed E-state index contributed by atoms with van der Waals surface area (Å²) in [6, 6.07) is 6.97. The number of nitrogens with two attached hydrogens (primary N) is 1. The van der Waals surface area contributed by atoms with Crippen molar-refractivity contribution in [2.45, 2.75) is 20.4 Å². The second-order valence-electron chi connectivity index (χ2n) is 4.37. The molecule has 3 N–H and O–H groups in total. The minimum absolute atomic E-state index is 0.186. The van der Waals surface area contributed by atoms with Crippen LogP contribution in [0.5, 0.6) is 0 Å². The van der Waals surface area contributed by atoms with Crippen molar-refractivity contribution in [1.29, 1.82) is 0 Å². The Bertz CT molecular complexity index is 602. The first kappa shape index (κ1) is 13.9. The van der Waals surface area contributed by atoms with Gasteiger partial charge < -0.3 is 11.1 Å². The molecule has 2 aromatic rings. The van der Waals surface area contributed by atoms with Crippen LogP contribution in [0, 0.1) is 13.8 Å². The average molecular weight is 295 g/mol. The van der Waals surface area contributed by atoms with Gasteiger partial charge in [0.1, 0.15) is 0 Å². The maximum atomic E-state index is 12.0. The molecule has 100 valence electrons. The number of carbonyl (C=O) groups is 1. The van der Waals surface area contributed by atoms with Crippen LogP contribution < -0.4 is 11.1 Å². The lowest BCUT2D eigenvalue weighted by Crippen LogP contribution is -2.22. The second kappa shape index (κ2) is 5.63. The highest BCUT2D eigenvalue weighted by Gasteiger charge is 2.11. The van der Waals surface area contributed by atoms with E-state index in [9.17, 15) is 4.79 Å². The third-order valence-corrected chi connectivity index (χ3v) is 4.34. The van der Waals surface area contributed by atoms with Crippen molar-refractivity contribution >= 4 is 34.5 Å². The topological polar surface area (TPSA) is 55.1 Å². The fourth-order valence-electron chi connectivity index (χ4n) is 1.71. The zero-order chi connectivity index (χ0) is 14.0. The van der Waals surface area contributed by atoms with Gasteiger partial charge in [0.2, 0.25) is 0 Å². The van der Waals surface area contributed by atoms with Gasteiger partial charge >= 0.3 is 0 Å². The lowest BCUT2D eigenvalue weighted by molar-refractivity contribution is 0.0951. The summed E-state index contributed by atoms with van der Waals surface area (Å²) in [5, 5.41) is 3.23. The molecule has 0 aliphatic heterocycles. The van der Waals surface area contributed by atoms with Crippen molar-refractivity contribution in [3.63, 3.8) is 0 Å². The summed E-state index contributed by atoms with van der Waals surface area (Å²) >= 11 is 7.69. The number of anilines is 1. The molecule has 0 atom stereocenters. The quantitative estimate of drug-likeness (QED) is 0.851. The molecule has 0 saturated heterocycles. The number of aryl methyl sites for hydroxylation is 2. The molecule has 0 radical (unpaired) electrons. The number of thiophene rings is 1. The van der Waals surface area contributed by atoms with E-state index < -0.39 is 0 Å². The molecule has 1 amide bonds. The Labute approximate surface area is 121 Å². The standard InChI is InChI=1S/C14H15ClN2OS/c1-8-5-11(19-9(8)2)7-17-14(18)12-4-3-10(16)6-13(12)15/h3-6H,7,16H2,1-2H3,(H,17,18). The zero-order valence-electron chi connectivity index (χ0n) is 10.8. The molecule has 1 heterocycles. The number of carbonyl (C=O) groups excluding carboxylic acids is 1. The van der Waals surface area contributed by atoms with Crippen molar-refractivity contribution in [2.24, 2.45) is 0 Å². The Hall–Kier alpha value is -1.52. The van der Waals surface area contributed by atoms with E-state index in [0.717, 1.165) is 4.88 Å². The summed E-state index contributed by atoms with van der Waals surface area (Å²) in [5.74, 6) is -0.186. The first-order valence-corrected chi connectivity index (χ1v) is 7.06. The van der Waals surface area contributed by atoms with Gasteiger partial charge in [-0.3, -0.25) is 4.79 Å². The van der Waals surface area contributed by atoms with Crippen molar-refractivity contribution in [3.05, 3.63) is 50.2 Å². The molecular formula is C14H15ClN2OS. The monoisotopic (exact) mass is 294 g/mol. The van der Waals surface area contributed by atoms with Gasteiger partial charge in [-0.15, -0.1) is 11.3 Å². The predicted octanol–water partition coefficient (Wildman–Crippen LogP) is 3.53. The van der Waals surface area contributed by atoms with Crippen LogP contribution in [0.2, 0.25) is 5.02 Å². The van der Waals surface area contributed by atoms with Gasteiger partial charge in [-0.25, -0.2) is 0 Å². The molecule has 0 fully saturated rings. The van der Waals surface area contributed by atoms with Crippen LogP contribution in [0.15, 0.2) is 24.3 Å². The molecule has 0 saturated carbocycles. The lowest BCUT2D eigenvalue weighted by atomic mass is 10.2. The molecule has 5 heteroatoms. The zero-order valence-corrected chi connectivity index (χ0v) is 12.4. The van der Waals surface area contributed by atoms with E-state index in [2.05, 4.69) is 25.2 Å². The van der Waals surface area contributed by atoms with Gasteiger partial charge in [0, 0.05) is 15.4 Å². The number of amides is 1. The molecule has 1 aromatic heterocycles. The summed E-state index contributed by atoms with van der Waals surface area (Å²) in [7, 11) is 0. The number of nitrogen functional groups attached to an aromatic ring is 1. The number of rotatable bonds is 3. The predicted molar refractivity (Wildman–Crippen MR) is 80.8 cm³/mol. The highest BCUT2D eigenvalue weighted by atomic mass is 35.5. The van der Waals surface area contributed by atoms with E-state index in [-0.39, 0.29) is 5.91 Å². The van der Waals surface area contributed by atoms with Crippen LogP contribution in [0.3, 0.4) is 0 Å². The van der Waals surface area contributed by atoms with Crippen LogP contribution >= 0.6 is 22.9 Å². The van der Waals surface area contributed by atoms with Crippen molar-refractivity contribution in [3.8, 4) is 0 Å². The van der Waals surface area contributed by atoms with E-state index in [0.29, 0.717) is 22.8 Å². The highest BCUT2D eigenvalue weighted by molar-refractivity contribution is 7.12. The average Bonchev–Trinajstić information content (AvgIpc) is 2.66. The van der Waals surface area contributed by atoms with Crippen molar-refractivity contribution in [2.75, 3.05) is 5.73 Å². The molecule has 0 unspecified atom stereocenters. The van der Waals surface area contributed by atoms with Gasteiger partial charge in [0.15, 0.2) is 0 Å². The Balaban J connectivity index is 2.05. The highest BCUT2D eigenvalue weighted by Crippen LogP contribution is 2.21. The Morgan fingerprint density at radius 2 is 2.11 bits per heavy atom. The number of benzene rings is 1. The van der Waals surface area contributed by atoms with Crippen LogP contribution in [0.4, 0.5) is 5.69 Å². The first-order valence-electron chi connectivity index (χ1n) is 5.86. The van der Waals surface area contributed by atoms with E-state index in [1.54, 1.807) is 29.5 Å². The molecular weight excluding hydrogens is 280 g/mol. The molecule has 0 spiro atoms. The molecule has 19 heavy (non-hydrogen) atoms.